The first-order chi connectivity index (χ1) is 10.0. The molecule has 112 valence electrons. The second-order valence-electron chi connectivity index (χ2n) is 4.52. The van der Waals surface area contributed by atoms with Gasteiger partial charge < -0.3 is 20.3 Å². The summed E-state index contributed by atoms with van der Waals surface area (Å²) in [6, 6.07) is 3.91. The summed E-state index contributed by atoms with van der Waals surface area (Å²) < 4.78 is 5.43. The number of benzene rings is 1. The van der Waals surface area contributed by atoms with Crippen LogP contribution in [0, 0.1) is 0 Å². The van der Waals surface area contributed by atoms with Gasteiger partial charge in [-0.05, 0) is 24.3 Å². The topological polar surface area (TPSA) is 95.9 Å². The number of fused-ring (bicyclic) bond motifs is 1. The highest BCUT2D eigenvalue weighted by atomic mass is 35.5. The molecule has 1 aromatic carbocycles. The summed E-state index contributed by atoms with van der Waals surface area (Å²) in [5.74, 6) is -1.12. The van der Waals surface area contributed by atoms with Gasteiger partial charge in [0.1, 0.15) is 18.4 Å². The van der Waals surface area contributed by atoms with Gasteiger partial charge in [0.15, 0.2) is 0 Å². The van der Waals surface area contributed by atoms with E-state index in [1.807, 2.05) is 0 Å². The number of aliphatic hydroxyl groups excluding tert-OH is 1. The van der Waals surface area contributed by atoms with E-state index >= 15 is 0 Å². The van der Waals surface area contributed by atoms with Crippen molar-refractivity contribution in [1.29, 1.82) is 0 Å². The third-order valence-electron chi connectivity index (χ3n) is 3.00. The molecule has 0 aromatic heterocycles. The van der Waals surface area contributed by atoms with Crippen LogP contribution in [0.5, 0.6) is 5.75 Å². The average Bonchev–Trinajstić information content (AvgIpc) is 2.45. The molecule has 21 heavy (non-hydrogen) atoms. The van der Waals surface area contributed by atoms with E-state index in [2.05, 4.69) is 5.32 Å². The minimum atomic E-state index is -1.20. The molecule has 1 aromatic rings. The zero-order valence-electron chi connectivity index (χ0n) is 11.0. The Balaban J connectivity index is 2.15. The van der Waals surface area contributed by atoms with Gasteiger partial charge in [-0.1, -0.05) is 11.6 Å². The summed E-state index contributed by atoms with van der Waals surface area (Å²) in [5.41, 5.74) is 0.960. The van der Waals surface area contributed by atoms with Crippen molar-refractivity contribution in [3.63, 3.8) is 0 Å². The molecule has 7 heteroatoms. The van der Waals surface area contributed by atoms with Gasteiger partial charge in [0.05, 0.1) is 5.57 Å². The van der Waals surface area contributed by atoms with Gasteiger partial charge in [0, 0.05) is 23.6 Å². The number of amides is 1. The molecule has 1 amide bonds. The minimum absolute atomic E-state index is 0.0475. The van der Waals surface area contributed by atoms with Crippen LogP contribution in [0.15, 0.2) is 23.8 Å². The smallest absolute Gasteiger partial charge is 0.326 e. The number of carbonyl (C=O) groups is 2. The highest BCUT2D eigenvalue weighted by molar-refractivity contribution is 6.30. The van der Waals surface area contributed by atoms with Crippen molar-refractivity contribution in [1.82, 2.24) is 5.32 Å². The highest BCUT2D eigenvalue weighted by Gasteiger charge is 2.23. The van der Waals surface area contributed by atoms with Crippen molar-refractivity contribution < 1.29 is 24.5 Å². The van der Waals surface area contributed by atoms with E-state index in [0.29, 0.717) is 21.9 Å². The zero-order chi connectivity index (χ0) is 15.4. The second kappa shape index (κ2) is 6.60. The lowest BCUT2D eigenvalue weighted by molar-refractivity contribution is -0.141. The molecule has 2 rings (SSSR count). The van der Waals surface area contributed by atoms with Crippen molar-refractivity contribution in [2.45, 2.75) is 12.5 Å². The molecule has 0 fully saturated rings. The Morgan fingerprint density at radius 3 is 2.86 bits per heavy atom. The van der Waals surface area contributed by atoms with Crippen molar-refractivity contribution in [3.8, 4) is 5.75 Å². The Kier molecular flexibility index (Phi) is 4.82. The molecule has 0 bridgehead atoms. The van der Waals surface area contributed by atoms with Crippen molar-refractivity contribution >= 4 is 29.6 Å². The molecule has 1 heterocycles. The van der Waals surface area contributed by atoms with E-state index in [4.69, 9.17) is 26.6 Å². The molecule has 6 nitrogen and oxygen atoms in total. The fourth-order valence-corrected chi connectivity index (χ4v) is 2.10. The van der Waals surface area contributed by atoms with Crippen LogP contribution >= 0.6 is 11.6 Å². The first kappa shape index (κ1) is 15.3. The normalized spacial score (nSPS) is 14.5. The van der Waals surface area contributed by atoms with Gasteiger partial charge in [0.25, 0.3) is 5.91 Å². The zero-order valence-corrected chi connectivity index (χ0v) is 11.8. The monoisotopic (exact) mass is 311 g/mol. The fourth-order valence-electron chi connectivity index (χ4n) is 1.92. The number of rotatable bonds is 5. The Bertz CT molecular complexity index is 599. The van der Waals surface area contributed by atoms with Gasteiger partial charge in [0.2, 0.25) is 0 Å². The quantitative estimate of drug-likeness (QED) is 0.756. The lowest BCUT2D eigenvalue weighted by Crippen LogP contribution is -2.42. The molecule has 1 atom stereocenters. The third-order valence-corrected chi connectivity index (χ3v) is 3.23. The van der Waals surface area contributed by atoms with Gasteiger partial charge in [-0.2, -0.15) is 0 Å². The van der Waals surface area contributed by atoms with Crippen molar-refractivity contribution in [2.24, 2.45) is 0 Å². The molecule has 0 unspecified atom stereocenters. The molecular weight excluding hydrogens is 298 g/mol. The molecule has 0 saturated heterocycles. The van der Waals surface area contributed by atoms with Crippen molar-refractivity contribution in [3.05, 3.63) is 34.4 Å². The van der Waals surface area contributed by atoms with Crippen LogP contribution in [-0.4, -0.2) is 41.3 Å². The Hall–Kier alpha value is -2.05. The summed E-state index contributed by atoms with van der Waals surface area (Å²) in [7, 11) is 0. The van der Waals surface area contributed by atoms with E-state index in [1.54, 1.807) is 24.3 Å². The lowest BCUT2D eigenvalue weighted by atomic mass is 10.1. The van der Waals surface area contributed by atoms with E-state index in [-0.39, 0.29) is 19.6 Å². The van der Waals surface area contributed by atoms with Crippen LogP contribution in [-0.2, 0) is 9.59 Å². The number of aliphatic hydroxyl groups is 1. The predicted molar refractivity (Wildman–Crippen MR) is 76.2 cm³/mol. The molecule has 1 aliphatic heterocycles. The maximum Gasteiger partial charge on any atom is 0.326 e. The average molecular weight is 312 g/mol. The van der Waals surface area contributed by atoms with Gasteiger partial charge in [-0.15, -0.1) is 0 Å². The number of halogens is 1. The molecule has 0 aliphatic carbocycles. The minimum Gasteiger partial charge on any atom is -0.488 e. The van der Waals surface area contributed by atoms with Gasteiger partial charge >= 0.3 is 5.97 Å². The van der Waals surface area contributed by atoms with E-state index in [9.17, 15) is 9.59 Å². The largest absolute Gasteiger partial charge is 0.488 e. The Morgan fingerprint density at radius 1 is 1.43 bits per heavy atom. The third kappa shape index (κ3) is 3.74. The molecule has 0 saturated carbocycles. The van der Waals surface area contributed by atoms with Crippen LogP contribution in [0.1, 0.15) is 12.0 Å². The summed E-state index contributed by atoms with van der Waals surface area (Å²) in [6.07, 6.45) is 1.55. The number of hydrogen-bond donors (Lipinski definition) is 3. The number of aliphatic carboxylic acids is 1. The summed E-state index contributed by atoms with van der Waals surface area (Å²) in [4.78, 5) is 23.0. The number of hydrogen-bond acceptors (Lipinski definition) is 4. The molecular formula is C14H14ClNO5. The number of ether oxygens (including phenoxy) is 1. The predicted octanol–water partition coefficient (Wildman–Crippen LogP) is 1.07. The Labute approximate surface area is 126 Å². The summed E-state index contributed by atoms with van der Waals surface area (Å²) in [6.45, 7) is -0.281. The van der Waals surface area contributed by atoms with Crippen LogP contribution in [0.4, 0.5) is 0 Å². The van der Waals surface area contributed by atoms with Crippen LogP contribution in [0.3, 0.4) is 0 Å². The van der Waals surface area contributed by atoms with Crippen LogP contribution in [0.2, 0.25) is 5.02 Å². The maximum atomic E-state index is 12.0. The molecule has 0 spiro atoms. The van der Waals surface area contributed by atoms with Gasteiger partial charge in [-0.25, -0.2) is 4.79 Å². The van der Waals surface area contributed by atoms with Crippen LogP contribution < -0.4 is 10.1 Å². The number of carbonyl (C=O) groups excluding carboxylic acids is 1. The first-order valence-electron chi connectivity index (χ1n) is 6.28. The van der Waals surface area contributed by atoms with Crippen LogP contribution in [0.25, 0.3) is 6.08 Å². The summed E-state index contributed by atoms with van der Waals surface area (Å²) >= 11 is 5.88. The van der Waals surface area contributed by atoms with E-state index in [1.165, 1.54) is 0 Å². The molecule has 1 aliphatic rings. The second-order valence-corrected chi connectivity index (χ2v) is 4.95. The fraction of sp³-hybridized carbons (Fsp3) is 0.286. The number of carboxylic acid groups (broad SMARTS) is 1. The maximum absolute atomic E-state index is 12.0. The summed E-state index contributed by atoms with van der Waals surface area (Å²) in [5, 5.41) is 20.6. The van der Waals surface area contributed by atoms with E-state index in [0.717, 1.165) is 0 Å². The molecule has 0 radical (unpaired) electrons. The van der Waals surface area contributed by atoms with Gasteiger partial charge in [-0.3, -0.25) is 4.79 Å². The number of carboxylic acids is 1. The van der Waals surface area contributed by atoms with Crippen molar-refractivity contribution in [2.75, 3.05) is 13.2 Å². The van der Waals surface area contributed by atoms with E-state index < -0.39 is 17.9 Å². The highest BCUT2D eigenvalue weighted by Crippen LogP contribution is 2.28. The molecule has 3 N–H and O–H groups in total. The lowest BCUT2D eigenvalue weighted by Gasteiger charge is -2.19. The SMILES string of the molecule is O=C(N[C@@H](CCO)C(=O)O)C1=Cc2cc(Cl)ccc2OC1. The first-order valence-corrected chi connectivity index (χ1v) is 6.66. The number of nitrogens with one attached hydrogen (secondary N) is 1. The Morgan fingerprint density at radius 2 is 2.19 bits per heavy atom. The standard InChI is InChI=1S/C14H14ClNO5/c15-10-1-2-12-8(6-10)5-9(7-21-12)13(18)16-11(3-4-17)14(19)20/h1-2,5-6,11,17H,3-4,7H2,(H,16,18)(H,19,20)/t11-/m0/s1.